The molecule has 10 heteroatoms. The molecule has 0 atom stereocenters. The molecule has 3 aromatic rings. The highest BCUT2D eigenvalue weighted by atomic mass is 32.1. The molecule has 0 unspecified atom stereocenters. The van der Waals surface area contributed by atoms with Crippen molar-refractivity contribution in [3.05, 3.63) is 39.4 Å². The van der Waals surface area contributed by atoms with Crippen molar-refractivity contribution >= 4 is 29.0 Å². The largest absolute Gasteiger partial charge is 0.477 e. The van der Waals surface area contributed by atoms with Crippen molar-refractivity contribution in [2.75, 3.05) is 13.1 Å². The Morgan fingerprint density at radius 3 is 2.63 bits per heavy atom. The lowest BCUT2D eigenvalue weighted by molar-refractivity contribution is 0.0692. The second-order valence-corrected chi connectivity index (χ2v) is 7.68. The summed E-state index contributed by atoms with van der Waals surface area (Å²) in [4.78, 5) is 38.6. The number of carboxylic acids is 1. The summed E-state index contributed by atoms with van der Waals surface area (Å²) in [6.45, 7) is 4.90. The highest BCUT2D eigenvalue weighted by molar-refractivity contribution is 7.13. The number of aryl methyl sites for hydroxylation is 2. The molecular formula is C17H18N6O3S. The van der Waals surface area contributed by atoms with Gasteiger partial charge < -0.3 is 10.0 Å². The summed E-state index contributed by atoms with van der Waals surface area (Å²) in [7, 11) is 0. The van der Waals surface area contributed by atoms with Gasteiger partial charge in [-0.2, -0.15) is 4.98 Å². The smallest absolute Gasteiger partial charge is 0.347 e. The zero-order valence-corrected chi connectivity index (χ0v) is 15.7. The predicted octanol–water partition coefficient (Wildman–Crippen LogP) is 1.92. The van der Waals surface area contributed by atoms with E-state index < -0.39 is 5.97 Å². The van der Waals surface area contributed by atoms with Crippen molar-refractivity contribution in [2.45, 2.75) is 32.6 Å². The standard InChI is InChI=1S/C17H18N6O3S/c1-9-7-10(2)23-17(19-9)20-13(21-23)15(24)22-5-3-11(4-6-22)14-18-8-12(27-14)16(25)26/h7-8,11H,3-6H2,1-2H3,(H,25,26). The van der Waals surface area contributed by atoms with Crippen LogP contribution in [0, 0.1) is 13.8 Å². The Bertz CT molecular complexity index is 1030. The summed E-state index contributed by atoms with van der Waals surface area (Å²) in [6.07, 6.45) is 2.88. The van der Waals surface area contributed by atoms with Gasteiger partial charge in [-0.1, -0.05) is 0 Å². The molecule has 0 aliphatic carbocycles. The Balaban J connectivity index is 1.47. The van der Waals surface area contributed by atoms with Crippen LogP contribution < -0.4 is 0 Å². The quantitative estimate of drug-likeness (QED) is 0.731. The topological polar surface area (TPSA) is 114 Å². The molecule has 3 aromatic heterocycles. The van der Waals surface area contributed by atoms with Crippen molar-refractivity contribution in [1.82, 2.24) is 29.5 Å². The molecule has 27 heavy (non-hydrogen) atoms. The molecule has 9 nitrogen and oxygen atoms in total. The predicted molar refractivity (Wildman–Crippen MR) is 97.2 cm³/mol. The molecule has 1 aliphatic heterocycles. The molecule has 0 radical (unpaired) electrons. The van der Waals surface area contributed by atoms with Crippen LogP contribution in [-0.2, 0) is 0 Å². The van der Waals surface area contributed by atoms with Crippen LogP contribution in [0.1, 0.15) is 55.4 Å². The van der Waals surface area contributed by atoms with Crippen LogP contribution >= 0.6 is 11.3 Å². The number of piperidine rings is 1. The third-order valence-electron chi connectivity index (χ3n) is 4.68. The van der Waals surface area contributed by atoms with E-state index in [0.29, 0.717) is 18.9 Å². The van der Waals surface area contributed by atoms with E-state index >= 15 is 0 Å². The van der Waals surface area contributed by atoms with Gasteiger partial charge in [0, 0.05) is 30.4 Å². The third-order valence-corrected chi connectivity index (χ3v) is 5.82. The molecular weight excluding hydrogens is 368 g/mol. The van der Waals surface area contributed by atoms with Gasteiger partial charge in [0.05, 0.1) is 11.2 Å². The van der Waals surface area contributed by atoms with Crippen LogP contribution in [0.2, 0.25) is 0 Å². The van der Waals surface area contributed by atoms with E-state index in [9.17, 15) is 9.59 Å². The van der Waals surface area contributed by atoms with E-state index in [1.54, 1.807) is 9.42 Å². The number of fused-ring (bicyclic) bond motifs is 1. The molecule has 1 aliphatic rings. The average Bonchev–Trinajstić information content (AvgIpc) is 3.28. The highest BCUT2D eigenvalue weighted by Crippen LogP contribution is 2.31. The van der Waals surface area contributed by atoms with Crippen LogP contribution in [0.5, 0.6) is 0 Å². The number of aromatic nitrogens is 5. The monoisotopic (exact) mass is 386 g/mol. The van der Waals surface area contributed by atoms with E-state index in [-0.39, 0.29) is 22.5 Å². The number of carboxylic acid groups (broad SMARTS) is 1. The molecule has 0 bridgehead atoms. The van der Waals surface area contributed by atoms with Crippen molar-refractivity contribution in [1.29, 1.82) is 0 Å². The number of hydrogen-bond donors (Lipinski definition) is 1. The summed E-state index contributed by atoms with van der Waals surface area (Å²) < 4.78 is 1.58. The minimum absolute atomic E-state index is 0.150. The Kier molecular flexibility index (Phi) is 4.34. The lowest BCUT2D eigenvalue weighted by Gasteiger charge is -2.30. The van der Waals surface area contributed by atoms with Crippen molar-refractivity contribution in [3.63, 3.8) is 0 Å². The number of rotatable bonds is 3. The molecule has 0 spiro atoms. The fourth-order valence-electron chi connectivity index (χ4n) is 3.30. The SMILES string of the molecule is Cc1cc(C)n2nc(C(=O)N3CCC(c4ncc(C(=O)O)s4)CC3)nc2n1. The molecule has 1 N–H and O–H groups in total. The number of likely N-dealkylation sites (tertiary alicyclic amines) is 1. The van der Waals surface area contributed by atoms with Gasteiger partial charge in [-0.15, -0.1) is 16.4 Å². The number of thiazole rings is 1. The van der Waals surface area contributed by atoms with Gasteiger partial charge in [-0.25, -0.2) is 19.3 Å². The van der Waals surface area contributed by atoms with E-state index in [0.717, 1.165) is 29.2 Å². The molecule has 140 valence electrons. The summed E-state index contributed by atoms with van der Waals surface area (Å²) in [5.74, 6) is -0.413. The van der Waals surface area contributed by atoms with Gasteiger partial charge in [0.1, 0.15) is 4.88 Å². The fourth-order valence-corrected chi connectivity index (χ4v) is 4.23. The zero-order valence-electron chi connectivity index (χ0n) is 14.9. The summed E-state index contributed by atoms with van der Waals surface area (Å²) in [5.41, 5.74) is 1.71. The van der Waals surface area contributed by atoms with E-state index in [1.807, 2.05) is 19.9 Å². The van der Waals surface area contributed by atoms with Crippen LogP contribution in [0.25, 0.3) is 5.78 Å². The molecule has 1 fully saturated rings. The lowest BCUT2D eigenvalue weighted by Crippen LogP contribution is -2.38. The van der Waals surface area contributed by atoms with Crippen LogP contribution in [0.3, 0.4) is 0 Å². The van der Waals surface area contributed by atoms with Gasteiger partial charge in [0.15, 0.2) is 0 Å². The number of carbonyl (C=O) groups is 2. The van der Waals surface area contributed by atoms with Crippen molar-refractivity contribution < 1.29 is 14.7 Å². The molecule has 4 heterocycles. The first-order valence-corrected chi connectivity index (χ1v) is 9.43. The van der Waals surface area contributed by atoms with Gasteiger partial charge in [-0.3, -0.25) is 4.79 Å². The molecule has 1 amide bonds. The normalized spacial score (nSPS) is 15.4. The number of aromatic carboxylic acids is 1. The molecule has 0 aromatic carbocycles. The zero-order chi connectivity index (χ0) is 19.1. The number of hydrogen-bond acceptors (Lipinski definition) is 7. The van der Waals surface area contributed by atoms with Crippen LogP contribution in [-0.4, -0.2) is 59.5 Å². The summed E-state index contributed by atoms with van der Waals surface area (Å²) >= 11 is 1.21. The maximum absolute atomic E-state index is 12.8. The molecule has 4 rings (SSSR count). The Morgan fingerprint density at radius 1 is 1.22 bits per heavy atom. The van der Waals surface area contributed by atoms with Gasteiger partial charge in [0.2, 0.25) is 5.82 Å². The Morgan fingerprint density at radius 2 is 1.96 bits per heavy atom. The van der Waals surface area contributed by atoms with Crippen molar-refractivity contribution in [3.8, 4) is 0 Å². The summed E-state index contributed by atoms with van der Waals surface area (Å²) in [5, 5.41) is 14.2. The highest BCUT2D eigenvalue weighted by Gasteiger charge is 2.29. The maximum atomic E-state index is 12.8. The van der Waals surface area contributed by atoms with Crippen molar-refractivity contribution in [2.24, 2.45) is 0 Å². The first-order valence-electron chi connectivity index (χ1n) is 8.61. The fraction of sp³-hybridized carbons (Fsp3) is 0.412. The van der Waals surface area contributed by atoms with E-state index in [4.69, 9.17) is 5.11 Å². The Hall–Kier alpha value is -2.88. The molecule has 0 saturated carbocycles. The lowest BCUT2D eigenvalue weighted by atomic mass is 9.97. The van der Waals surface area contributed by atoms with Crippen LogP contribution in [0.4, 0.5) is 0 Å². The second kappa shape index (κ2) is 6.69. The minimum Gasteiger partial charge on any atom is -0.477 e. The first-order chi connectivity index (χ1) is 12.9. The number of amides is 1. The first kappa shape index (κ1) is 17.5. The van der Waals surface area contributed by atoms with Gasteiger partial charge >= 0.3 is 5.97 Å². The maximum Gasteiger partial charge on any atom is 0.347 e. The minimum atomic E-state index is -0.955. The third kappa shape index (κ3) is 3.27. The van der Waals surface area contributed by atoms with E-state index in [2.05, 4.69) is 20.1 Å². The second-order valence-electron chi connectivity index (χ2n) is 6.62. The van der Waals surface area contributed by atoms with Gasteiger partial charge in [-0.05, 0) is 32.8 Å². The Labute approximate surface area is 158 Å². The molecule has 1 saturated heterocycles. The van der Waals surface area contributed by atoms with Gasteiger partial charge in [0.25, 0.3) is 11.7 Å². The average molecular weight is 386 g/mol. The van der Waals surface area contributed by atoms with Crippen LogP contribution in [0.15, 0.2) is 12.3 Å². The summed E-state index contributed by atoms with van der Waals surface area (Å²) in [6, 6.07) is 1.89. The van der Waals surface area contributed by atoms with E-state index in [1.165, 1.54) is 17.5 Å². The number of carbonyl (C=O) groups excluding carboxylic acids is 1. The number of nitrogens with zero attached hydrogens (tertiary/aromatic N) is 6.